The minimum atomic E-state index is -0.189. The number of methoxy groups -OCH3 is 1. The molecule has 2 aromatic rings. The molecule has 1 unspecified atom stereocenters. The summed E-state index contributed by atoms with van der Waals surface area (Å²) >= 11 is 0. The molecule has 3 rings (SSSR count). The molecule has 2 amide bonds. The van der Waals surface area contributed by atoms with Crippen LogP contribution in [0.5, 0.6) is 5.75 Å². The standard InChI is InChI=1S/C22H26N2O3/c1-15(2)20(16-9-11-17(27-3)12-10-16)23-13-6-14-24-21(25)18-7-4-5-8-19(18)22(24)26/h4-5,7-12,15,20,23H,6,13-14H2,1-3H3. The monoisotopic (exact) mass is 366 g/mol. The van der Waals surface area contributed by atoms with E-state index in [0.717, 1.165) is 12.3 Å². The molecule has 0 spiro atoms. The lowest BCUT2D eigenvalue weighted by atomic mass is 9.96. The largest absolute Gasteiger partial charge is 0.497 e. The fraction of sp³-hybridized carbons (Fsp3) is 0.364. The van der Waals surface area contributed by atoms with E-state index in [2.05, 4.69) is 31.3 Å². The van der Waals surface area contributed by atoms with Crippen LogP contribution in [0.4, 0.5) is 0 Å². The number of carbonyl (C=O) groups excluding carboxylic acids is 2. The molecular formula is C22H26N2O3. The van der Waals surface area contributed by atoms with Crippen LogP contribution in [0.1, 0.15) is 52.6 Å². The zero-order valence-corrected chi connectivity index (χ0v) is 16.1. The summed E-state index contributed by atoms with van der Waals surface area (Å²) in [6.07, 6.45) is 0.713. The van der Waals surface area contributed by atoms with Crippen LogP contribution in [0.15, 0.2) is 48.5 Å². The number of hydrogen-bond acceptors (Lipinski definition) is 4. The van der Waals surface area contributed by atoms with Gasteiger partial charge >= 0.3 is 0 Å². The first kappa shape index (κ1) is 19.1. The Morgan fingerprint density at radius 3 is 2.07 bits per heavy atom. The Morgan fingerprint density at radius 1 is 0.963 bits per heavy atom. The van der Waals surface area contributed by atoms with Crippen molar-refractivity contribution in [1.29, 1.82) is 0 Å². The summed E-state index contributed by atoms with van der Waals surface area (Å²) in [6, 6.07) is 15.3. The van der Waals surface area contributed by atoms with Gasteiger partial charge in [-0.3, -0.25) is 14.5 Å². The summed E-state index contributed by atoms with van der Waals surface area (Å²) < 4.78 is 5.22. The van der Waals surface area contributed by atoms with E-state index in [1.807, 2.05) is 12.1 Å². The molecule has 0 saturated heterocycles. The van der Waals surface area contributed by atoms with Gasteiger partial charge in [0.1, 0.15) is 5.75 Å². The normalized spacial score (nSPS) is 14.6. The Morgan fingerprint density at radius 2 is 1.56 bits per heavy atom. The van der Waals surface area contributed by atoms with E-state index in [9.17, 15) is 9.59 Å². The first-order valence-electron chi connectivity index (χ1n) is 9.35. The van der Waals surface area contributed by atoms with Crippen molar-refractivity contribution in [3.05, 3.63) is 65.2 Å². The van der Waals surface area contributed by atoms with Crippen molar-refractivity contribution in [2.75, 3.05) is 20.2 Å². The molecule has 5 nitrogen and oxygen atoms in total. The van der Waals surface area contributed by atoms with Gasteiger partial charge in [-0.1, -0.05) is 38.1 Å². The van der Waals surface area contributed by atoms with Crippen molar-refractivity contribution < 1.29 is 14.3 Å². The fourth-order valence-electron chi connectivity index (χ4n) is 3.49. The molecule has 1 aliphatic heterocycles. The van der Waals surface area contributed by atoms with Gasteiger partial charge < -0.3 is 10.1 Å². The van der Waals surface area contributed by atoms with Gasteiger partial charge in [0.05, 0.1) is 18.2 Å². The molecule has 142 valence electrons. The first-order valence-corrected chi connectivity index (χ1v) is 9.35. The van der Waals surface area contributed by atoms with E-state index in [4.69, 9.17) is 4.74 Å². The highest BCUT2D eigenvalue weighted by Crippen LogP contribution is 2.25. The van der Waals surface area contributed by atoms with Gasteiger partial charge in [0, 0.05) is 12.6 Å². The molecule has 0 saturated carbocycles. The Hall–Kier alpha value is -2.66. The van der Waals surface area contributed by atoms with Gasteiger partial charge in [-0.25, -0.2) is 0 Å². The Kier molecular flexibility index (Phi) is 5.91. The predicted octanol–water partition coefficient (Wildman–Crippen LogP) is 3.67. The molecule has 1 heterocycles. The van der Waals surface area contributed by atoms with Crippen LogP contribution in [-0.2, 0) is 0 Å². The van der Waals surface area contributed by atoms with Crippen LogP contribution in [-0.4, -0.2) is 36.9 Å². The second kappa shape index (κ2) is 8.35. The molecule has 0 radical (unpaired) electrons. The highest BCUT2D eigenvalue weighted by Gasteiger charge is 2.34. The zero-order valence-electron chi connectivity index (χ0n) is 16.1. The van der Waals surface area contributed by atoms with E-state index in [1.54, 1.807) is 31.4 Å². The Bertz CT molecular complexity index is 780. The quantitative estimate of drug-likeness (QED) is 0.572. The van der Waals surface area contributed by atoms with Gasteiger partial charge in [0.25, 0.3) is 11.8 Å². The molecule has 0 fully saturated rings. The molecule has 1 atom stereocenters. The number of rotatable bonds is 8. The molecule has 0 aromatic heterocycles. The Labute approximate surface area is 160 Å². The lowest BCUT2D eigenvalue weighted by molar-refractivity contribution is 0.0652. The number of carbonyl (C=O) groups is 2. The predicted molar refractivity (Wildman–Crippen MR) is 105 cm³/mol. The number of imide groups is 1. The number of ether oxygens (including phenoxy) is 1. The van der Waals surface area contributed by atoms with Crippen LogP contribution in [0, 0.1) is 5.92 Å². The van der Waals surface area contributed by atoms with Crippen molar-refractivity contribution in [2.24, 2.45) is 5.92 Å². The topological polar surface area (TPSA) is 58.6 Å². The lowest BCUT2D eigenvalue weighted by Gasteiger charge is -2.24. The van der Waals surface area contributed by atoms with Crippen molar-refractivity contribution in [3.63, 3.8) is 0 Å². The summed E-state index contributed by atoms with van der Waals surface area (Å²) in [6.45, 7) is 5.49. The van der Waals surface area contributed by atoms with Gasteiger partial charge in [0.2, 0.25) is 0 Å². The third-order valence-electron chi connectivity index (χ3n) is 4.94. The number of benzene rings is 2. The number of hydrogen-bond donors (Lipinski definition) is 1. The second-order valence-electron chi connectivity index (χ2n) is 7.11. The van der Waals surface area contributed by atoms with Crippen LogP contribution in [0.25, 0.3) is 0 Å². The maximum Gasteiger partial charge on any atom is 0.261 e. The molecule has 0 bridgehead atoms. The highest BCUT2D eigenvalue weighted by molar-refractivity contribution is 6.21. The van der Waals surface area contributed by atoms with E-state index in [1.165, 1.54) is 10.5 Å². The van der Waals surface area contributed by atoms with Gasteiger partial charge in [-0.05, 0) is 48.7 Å². The summed E-state index contributed by atoms with van der Waals surface area (Å²) in [5.41, 5.74) is 2.22. The number of nitrogens with one attached hydrogen (secondary N) is 1. The Balaban J connectivity index is 1.55. The fourth-order valence-corrected chi connectivity index (χ4v) is 3.49. The van der Waals surface area contributed by atoms with E-state index >= 15 is 0 Å². The lowest BCUT2D eigenvalue weighted by Crippen LogP contribution is -2.34. The zero-order chi connectivity index (χ0) is 19.4. The number of nitrogens with zero attached hydrogens (tertiary/aromatic N) is 1. The molecule has 0 aliphatic carbocycles. The summed E-state index contributed by atoms with van der Waals surface area (Å²) in [5.74, 6) is 0.877. The number of fused-ring (bicyclic) bond motifs is 1. The molecule has 27 heavy (non-hydrogen) atoms. The molecule has 1 aliphatic rings. The van der Waals surface area contributed by atoms with Crippen molar-refractivity contribution >= 4 is 11.8 Å². The SMILES string of the molecule is COc1ccc(C(NCCCN2C(=O)c3ccccc3C2=O)C(C)C)cc1. The van der Waals surface area contributed by atoms with Gasteiger partial charge in [0.15, 0.2) is 0 Å². The summed E-state index contributed by atoms with van der Waals surface area (Å²) in [7, 11) is 1.66. The minimum absolute atomic E-state index is 0.189. The van der Waals surface area contributed by atoms with Crippen LogP contribution in [0.3, 0.4) is 0 Å². The van der Waals surface area contributed by atoms with Crippen LogP contribution >= 0.6 is 0 Å². The van der Waals surface area contributed by atoms with Crippen molar-refractivity contribution in [1.82, 2.24) is 10.2 Å². The maximum atomic E-state index is 12.4. The minimum Gasteiger partial charge on any atom is -0.497 e. The first-order chi connectivity index (χ1) is 13.0. The van der Waals surface area contributed by atoms with Crippen molar-refractivity contribution in [2.45, 2.75) is 26.3 Å². The van der Waals surface area contributed by atoms with Crippen LogP contribution in [0.2, 0.25) is 0 Å². The highest BCUT2D eigenvalue weighted by atomic mass is 16.5. The smallest absolute Gasteiger partial charge is 0.261 e. The average Bonchev–Trinajstić information content (AvgIpc) is 2.93. The molecule has 2 aromatic carbocycles. The molecule has 5 heteroatoms. The van der Waals surface area contributed by atoms with Gasteiger partial charge in [-0.15, -0.1) is 0 Å². The maximum absolute atomic E-state index is 12.4. The summed E-state index contributed by atoms with van der Waals surface area (Å²) in [4.78, 5) is 26.1. The molecule has 1 N–H and O–H groups in total. The second-order valence-corrected chi connectivity index (χ2v) is 7.11. The number of amides is 2. The van der Waals surface area contributed by atoms with Gasteiger partial charge in [-0.2, -0.15) is 0 Å². The van der Waals surface area contributed by atoms with E-state index < -0.39 is 0 Å². The van der Waals surface area contributed by atoms with Crippen LogP contribution < -0.4 is 10.1 Å². The van der Waals surface area contributed by atoms with E-state index in [-0.39, 0.29) is 17.9 Å². The third-order valence-corrected chi connectivity index (χ3v) is 4.94. The average molecular weight is 366 g/mol. The third kappa shape index (κ3) is 4.03. The van der Waals surface area contributed by atoms with Crippen molar-refractivity contribution in [3.8, 4) is 5.75 Å². The summed E-state index contributed by atoms with van der Waals surface area (Å²) in [5, 5.41) is 3.56. The molecular weight excluding hydrogens is 340 g/mol. The van der Waals surface area contributed by atoms with E-state index in [0.29, 0.717) is 30.0 Å².